The lowest BCUT2D eigenvalue weighted by atomic mass is 10.1. The highest BCUT2D eigenvalue weighted by atomic mass is 16.1. The van der Waals surface area contributed by atoms with Crippen molar-refractivity contribution in [2.24, 2.45) is 0 Å². The van der Waals surface area contributed by atoms with Crippen LogP contribution < -0.4 is 0 Å². The van der Waals surface area contributed by atoms with Gasteiger partial charge in [0.05, 0.1) is 18.2 Å². The molecule has 1 aliphatic rings. The Kier molecular flexibility index (Phi) is 5.49. The van der Waals surface area contributed by atoms with Gasteiger partial charge in [-0.3, -0.25) is 14.6 Å². The zero-order chi connectivity index (χ0) is 15.2. The first-order chi connectivity index (χ1) is 10.1. The van der Waals surface area contributed by atoms with E-state index in [0.717, 1.165) is 26.2 Å². The van der Waals surface area contributed by atoms with Crippen molar-refractivity contribution in [3.63, 3.8) is 0 Å². The number of nitrogens with zero attached hydrogens (tertiary/aromatic N) is 3. The van der Waals surface area contributed by atoms with Gasteiger partial charge in [0.2, 0.25) is 0 Å². The molecule has 2 rings (SSSR count). The quantitative estimate of drug-likeness (QED) is 0.778. The van der Waals surface area contributed by atoms with Crippen LogP contribution in [0.1, 0.15) is 36.2 Å². The summed E-state index contributed by atoms with van der Waals surface area (Å²) in [7, 11) is 0. The molecule has 1 fully saturated rings. The zero-order valence-corrected chi connectivity index (χ0v) is 12.9. The molecule has 21 heavy (non-hydrogen) atoms. The van der Waals surface area contributed by atoms with Gasteiger partial charge in [0.1, 0.15) is 0 Å². The first kappa shape index (κ1) is 15.7. The molecular formula is C17H23N3O. The van der Waals surface area contributed by atoms with E-state index in [4.69, 9.17) is 5.26 Å². The van der Waals surface area contributed by atoms with Gasteiger partial charge in [-0.25, -0.2) is 0 Å². The minimum Gasteiger partial charge on any atom is -0.298 e. The van der Waals surface area contributed by atoms with Gasteiger partial charge in [0.25, 0.3) is 0 Å². The van der Waals surface area contributed by atoms with E-state index in [1.807, 2.05) is 0 Å². The highest BCUT2D eigenvalue weighted by Crippen LogP contribution is 2.10. The largest absolute Gasteiger partial charge is 0.298 e. The summed E-state index contributed by atoms with van der Waals surface area (Å²) in [6, 6.07) is 9.59. The van der Waals surface area contributed by atoms with Crippen molar-refractivity contribution in [1.82, 2.24) is 9.80 Å². The van der Waals surface area contributed by atoms with Crippen molar-refractivity contribution in [2.45, 2.75) is 26.3 Å². The summed E-state index contributed by atoms with van der Waals surface area (Å²) in [6.07, 6.45) is 1.17. The van der Waals surface area contributed by atoms with Crippen molar-refractivity contribution >= 4 is 5.78 Å². The number of carbonyl (C=O) groups is 1. The molecule has 1 atom stereocenters. The van der Waals surface area contributed by atoms with Gasteiger partial charge in [0.15, 0.2) is 5.78 Å². The number of piperazine rings is 1. The Morgan fingerprint density at radius 3 is 2.38 bits per heavy atom. The Bertz CT molecular complexity index is 510. The minimum atomic E-state index is 0.136. The van der Waals surface area contributed by atoms with Crippen LogP contribution in [0, 0.1) is 11.3 Å². The lowest BCUT2D eigenvalue weighted by Gasteiger charge is -2.37. The SMILES string of the molecule is CCC(C)N1CCN(CC(=O)c2ccc(C#N)cc2)CC1. The van der Waals surface area contributed by atoms with Gasteiger partial charge in [0, 0.05) is 37.8 Å². The summed E-state index contributed by atoms with van der Waals surface area (Å²) in [5.74, 6) is 0.136. The third kappa shape index (κ3) is 4.13. The van der Waals surface area contributed by atoms with Crippen LogP contribution in [0.15, 0.2) is 24.3 Å². The molecule has 0 bridgehead atoms. The number of benzene rings is 1. The van der Waals surface area contributed by atoms with Gasteiger partial charge in [-0.15, -0.1) is 0 Å². The summed E-state index contributed by atoms with van der Waals surface area (Å²) < 4.78 is 0. The van der Waals surface area contributed by atoms with Crippen LogP contribution in [0.4, 0.5) is 0 Å². The zero-order valence-electron chi connectivity index (χ0n) is 12.9. The standard InChI is InChI=1S/C17H23N3O/c1-3-14(2)20-10-8-19(9-11-20)13-17(21)16-6-4-15(12-18)5-7-16/h4-7,14H,3,8-11,13H2,1-2H3. The maximum Gasteiger partial charge on any atom is 0.176 e. The predicted octanol–water partition coefficient (Wildman–Crippen LogP) is 2.16. The topological polar surface area (TPSA) is 47.3 Å². The van der Waals surface area contributed by atoms with Gasteiger partial charge in [-0.05, 0) is 25.5 Å². The van der Waals surface area contributed by atoms with Gasteiger partial charge in [-0.2, -0.15) is 5.26 Å². The maximum atomic E-state index is 12.2. The van der Waals surface area contributed by atoms with Crippen LogP contribution in [-0.2, 0) is 0 Å². The average Bonchev–Trinajstić information content (AvgIpc) is 2.55. The maximum absolute atomic E-state index is 12.2. The number of rotatable bonds is 5. The molecule has 1 saturated heterocycles. The molecule has 0 N–H and O–H groups in total. The molecule has 0 spiro atoms. The number of hydrogen-bond acceptors (Lipinski definition) is 4. The molecule has 1 aromatic rings. The van der Waals surface area contributed by atoms with Crippen molar-refractivity contribution in [2.75, 3.05) is 32.7 Å². The molecule has 0 aliphatic carbocycles. The molecule has 112 valence electrons. The second kappa shape index (κ2) is 7.35. The van der Waals surface area contributed by atoms with Crippen molar-refractivity contribution in [3.8, 4) is 6.07 Å². The molecule has 1 aromatic carbocycles. The molecule has 0 radical (unpaired) electrons. The summed E-state index contributed by atoms with van der Waals surface area (Å²) >= 11 is 0. The summed E-state index contributed by atoms with van der Waals surface area (Å²) in [6.45, 7) is 8.92. The van der Waals surface area contributed by atoms with E-state index in [1.165, 1.54) is 6.42 Å². The number of ketones is 1. The van der Waals surface area contributed by atoms with Crippen molar-refractivity contribution < 1.29 is 4.79 Å². The van der Waals surface area contributed by atoms with Crippen molar-refractivity contribution in [1.29, 1.82) is 5.26 Å². The number of hydrogen-bond donors (Lipinski definition) is 0. The van der Waals surface area contributed by atoms with Gasteiger partial charge in [-0.1, -0.05) is 19.1 Å². The lowest BCUT2D eigenvalue weighted by Crippen LogP contribution is -2.50. The molecule has 1 unspecified atom stereocenters. The van der Waals surface area contributed by atoms with Crippen LogP contribution in [0.25, 0.3) is 0 Å². The van der Waals surface area contributed by atoms with E-state index in [0.29, 0.717) is 23.7 Å². The molecule has 4 nitrogen and oxygen atoms in total. The molecule has 4 heteroatoms. The Labute approximate surface area is 127 Å². The first-order valence-corrected chi connectivity index (χ1v) is 7.63. The number of nitriles is 1. The van der Waals surface area contributed by atoms with Gasteiger partial charge < -0.3 is 0 Å². The fraction of sp³-hybridized carbons (Fsp3) is 0.529. The molecule has 0 aromatic heterocycles. The lowest BCUT2D eigenvalue weighted by molar-refractivity contribution is 0.0784. The van der Waals surface area contributed by atoms with Crippen LogP contribution >= 0.6 is 0 Å². The predicted molar refractivity (Wildman–Crippen MR) is 83.3 cm³/mol. The third-order valence-electron chi connectivity index (χ3n) is 4.32. The van der Waals surface area contributed by atoms with E-state index in [9.17, 15) is 4.79 Å². The number of Topliss-reactive ketones (excluding diaryl/α,β-unsaturated/α-hetero) is 1. The van der Waals surface area contributed by atoms with Crippen LogP contribution in [0.2, 0.25) is 0 Å². The van der Waals surface area contributed by atoms with E-state index in [-0.39, 0.29) is 5.78 Å². The molecule has 1 aliphatic heterocycles. The minimum absolute atomic E-state index is 0.136. The fourth-order valence-electron chi connectivity index (χ4n) is 2.65. The van der Waals surface area contributed by atoms with E-state index >= 15 is 0 Å². The van der Waals surface area contributed by atoms with Crippen LogP contribution in [0.5, 0.6) is 0 Å². The van der Waals surface area contributed by atoms with Crippen molar-refractivity contribution in [3.05, 3.63) is 35.4 Å². The van der Waals surface area contributed by atoms with Gasteiger partial charge >= 0.3 is 0 Å². The normalized spacial score (nSPS) is 18.1. The number of carbonyl (C=O) groups excluding carboxylic acids is 1. The Hall–Kier alpha value is -1.70. The Balaban J connectivity index is 1.85. The molecule has 0 amide bonds. The molecule has 0 saturated carbocycles. The molecule has 1 heterocycles. The summed E-state index contributed by atoms with van der Waals surface area (Å²) in [5.41, 5.74) is 1.28. The second-order valence-electron chi connectivity index (χ2n) is 5.68. The Morgan fingerprint density at radius 1 is 1.24 bits per heavy atom. The second-order valence-corrected chi connectivity index (χ2v) is 5.68. The summed E-state index contributed by atoms with van der Waals surface area (Å²) in [4.78, 5) is 17.0. The van der Waals surface area contributed by atoms with E-state index in [1.54, 1.807) is 24.3 Å². The Morgan fingerprint density at radius 2 is 1.86 bits per heavy atom. The van der Waals surface area contributed by atoms with E-state index < -0.39 is 0 Å². The molecular weight excluding hydrogens is 262 g/mol. The van der Waals surface area contributed by atoms with E-state index in [2.05, 4.69) is 29.7 Å². The van der Waals surface area contributed by atoms with Crippen LogP contribution in [-0.4, -0.2) is 54.3 Å². The highest BCUT2D eigenvalue weighted by molar-refractivity contribution is 5.97. The third-order valence-corrected chi connectivity index (χ3v) is 4.32. The highest BCUT2D eigenvalue weighted by Gasteiger charge is 2.21. The fourth-order valence-corrected chi connectivity index (χ4v) is 2.65. The first-order valence-electron chi connectivity index (χ1n) is 7.63. The average molecular weight is 285 g/mol. The summed E-state index contributed by atoms with van der Waals surface area (Å²) in [5, 5.41) is 8.77. The monoisotopic (exact) mass is 285 g/mol. The smallest absolute Gasteiger partial charge is 0.176 e. The van der Waals surface area contributed by atoms with Crippen LogP contribution in [0.3, 0.4) is 0 Å².